The first-order valence-corrected chi connectivity index (χ1v) is 6.38. The van der Waals surface area contributed by atoms with Gasteiger partial charge in [0, 0.05) is 24.6 Å². The zero-order valence-corrected chi connectivity index (χ0v) is 11.3. The van der Waals surface area contributed by atoms with Crippen LogP contribution < -0.4 is 0 Å². The second-order valence-corrected chi connectivity index (χ2v) is 6.49. The van der Waals surface area contributed by atoms with Gasteiger partial charge in [-0.15, -0.1) is 0 Å². The van der Waals surface area contributed by atoms with Gasteiger partial charge in [0.25, 0.3) is 0 Å². The summed E-state index contributed by atoms with van der Waals surface area (Å²) in [4.78, 5) is 13.5. The van der Waals surface area contributed by atoms with Gasteiger partial charge >= 0.3 is 6.09 Å². The van der Waals surface area contributed by atoms with Crippen LogP contribution in [-0.4, -0.2) is 29.7 Å². The summed E-state index contributed by atoms with van der Waals surface area (Å²) in [7, 11) is 0. The molecule has 0 atom stereocenters. The molecule has 2 fully saturated rings. The molecule has 1 aliphatic carbocycles. The van der Waals surface area contributed by atoms with Gasteiger partial charge in [0.1, 0.15) is 5.60 Å². The molecular weight excluding hydrogens is 228 g/mol. The molecule has 18 heavy (non-hydrogen) atoms. The third-order valence-corrected chi connectivity index (χ3v) is 3.54. The van der Waals surface area contributed by atoms with Crippen LogP contribution in [0.25, 0.3) is 0 Å². The number of carbonyl (C=O) groups excluding carboxylic acids is 1. The van der Waals surface area contributed by atoms with Crippen LogP contribution in [-0.2, 0) is 4.74 Å². The van der Waals surface area contributed by atoms with Gasteiger partial charge in [-0.2, -0.15) is 5.26 Å². The van der Waals surface area contributed by atoms with Gasteiger partial charge in [-0.3, -0.25) is 0 Å². The summed E-state index contributed by atoms with van der Waals surface area (Å²) in [6.45, 7) is 7.25. The monoisotopic (exact) mass is 248 g/mol. The number of rotatable bonds is 1. The largest absolute Gasteiger partial charge is 0.444 e. The van der Waals surface area contributed by atoms with Gasteiger partial charge < -0.3 is 9.64 Å². The van der Waals surface area contributed by atoms with E-state index in [4.69, 9.17) is 10.00 Å². The number of nitrogens with zero attached hydrogens (tertiary/aromatic N) is 2. The number of hydrogen-bond acceptors (Lipinski definition) is 3. The Bertz CT molecular complexity index is 400. The summed E-state index contributed by atoms with van der Waals surface area (Å²) in [6.07, 6.45) is 5.50. The van der Waals surface area contributed by atoms with Crippen molar-refractivity contribution in [2.75, 3.05) is 13.1 Å². The van der Waals surface area contributed by atoms with E-state index in [1.54, 1.807) is 11.0 Å². The number of carbonyl (C=O) groups is 1. The molecule has 1 saturated heterocycles. The Morgan fingerprint density at radius 3 is 2.56 bits per heavy atom. The quantitative estimate of drug-likeness (QED) is 0.670. The molecule has 98 valence electrons. The molecule has 2 aliphatic rings. The Morgan fingerprint density at radius 2 is 2.06 bits per heavy atom. The Kier molecular flexibility index (Phi) is 3.10. The van der Waals surface area contributed by atoms with Crippen molar-refractivity contribution in [2.45, 2.75) is 39.2 Å². The number of ether oxygens (including phenoxy) is 1. The second kappa shape index (κ2) is 4.31. The highest BCUT2D eigenvalue weighted by molar-refractivity contribution is 5.69. The van der Waals surface area contributed by atoms with Crippen LogP contribution in [0.1, 0.15) is 33.6 Å². The van der Waals surface area contributed by atoms with Gasteiger partial charge in [0.15, 0.2) is 0 Å². The summed E-state index contributed by atoms with van der Waals surface area (Å²) in [6, 6.07) is 2.02. The molecule has 0 aromatic carbocycles. The molecule has 0 bridgehead atoms. The maximum Gasteiger partial charge on any atom is 0.410 e. The van der Waals surface area contributed by atoms with Gasteiger partial charge in [-0.1, -0.05) is 6.08 Å². The van der Waals surface area contributed by atoms with Crippen LogP contribution in [0, 0.1) is 22.7 Å². The van der Waals surface area contributed by atoms with Crippen molar-refractivity contribution in [3.63, 3.8) is 0 Å². The van der Waals surface area contributed by atoms with E-state index in [-0.39, 0.29) is 6.09 Å². The number of allylic oxidation sites excluding steroid dienone is 2. The van der Waals surface area contributed by atoms with Crippen LogP contribution in [0.5, 0.6) is 0 Å². The average molecular weight is 248 g/mol. The van der Waals surface area contributed by atoms with Gasteiger partial charge in [0.05, 0.1) is 6.07 Å². The molecule has 1 saturated carbocycles. The average Bonchev–Trinajstić information content (AvgIpc) is 2.09. The number of likely N-dealkylation sites (tertiary alicyclic amines) is 1. The minimum atomic E-state index is -0.419. The van der Waals surface area contributed by atoms with Crippen LogP contribution in [0.4, 0.5) is 4.79 Å². The summed E-state index contributed by atoms with van der Waals surface area (Å²) < 4.78 is 5.33. The lowest BCUT2D eigenvalue weighted by molar-refractivity contribution is -0.0850. The van der Waals surface area contributed by atoms with Crippen molar-refractivity contribution in [3.05, 3.63) is 12.2 Å². The molecule has 4 heteroatoms. The predicted octanol–water partition coefficient (Wildman–Crippen LogP) is 2.71. The topological polar surface area (TPSA) is 53.3 Å². The first-order chi connectivity index (χ1) is 8.34. The zero-order chi connectivity index (χ0) is 13.4. The van der Waals surface area contributed by atoms with E-state index in [0.717, 1.165) is 25.9 Å². The molecule has 1 amide bonds. The maximum absolute atomic E-state index is 11.8. The highest BCUT2D eigenvalue weighted by Crippen LogP contribution is 2.52. The third kappa shape index (κ3) is 2.66. The lowest BCUT2D eigenvalue weighted by Gasteiger charge is -2.58. The number of hydrogen-bond donors (Lipinski definition) is 0. The van der Waals surface area contributed by atoms with Crippen molar-refractivity contribution in [1.82, 2.24) is 4.90 Å². The van der Waals surface area contributed by atoms with Crippen molar-refractivity contribution in [2.24, 2.45) is 11.3 Å². The first kappa shape index (κ1) is 12.9. The molecule has 0 aromatic rings. The van der Waals surface area contributed by atoms with E-state index in [9.17, 15) is 4.79 Å². The molecule has 0 aromatic heterocycles. The maximum atomic E-state index is 11.8. The summed E-state index contributed by atoms with van der Waals surface area (Å²) >= 11 is 0. The Hall–Kier alpha value is -1.50. The van der Waals surface area contributed by atoms with Gasteiger partial charge in [-0.25, -0.2) is 4.79 Å². The molecule has 1 heterocycles. The highest BCUT2D eigenvalue weighted by atomic mass is 16.6. The molecular formula is C14H20N2O2. The molecule has 4 nitrogen and oxygen atoms in total. The normalized spacial score (nSPS) is 22.4. The van der Waals surface area contributed by atoms with Gasteiger partial charge in [-0.05, 0) is 39.5 Å². The minimum absolute atomic E-state index is 0.204. The van der Waals surface area contributed by atoms with Crippen molar-refractivity contribution in [3.8, 4) is 6.07 Å². The van der Waals surface area contributed by atoms with E-state index >= 15 is 0 Å². The lowest BCUT2D eigenvalue weighted by atomic mass is 9.58. The molecule has 0 radical (unpaired) electrons. The molecule has 2 rings (SSSR count). The predicted molar refractivity (Wildman–Crippen MR) is 67.7 cm³/mol. The van der Waals surface area contributed by atoms with Crippen LogP contribution in [0.3, 0.4) is 0 Å². The van der Waals surface area contributed by atoms with Crippen molar-refractivity contribution < 1.29 is 9.53 Å². The van der Waals surface area contributed by atoms with E-state index in [2.05, 4.69) is 0 Å². The molecule has 0 N–H and O–H groups in total. The van der Waals surface area contributed by atoms with Crippen molar-refractivity contribution in [1.29, 1.82) is 5.26 Å². The van der Waals surface area contributed by atoms with E-state index < -0.39 is 5.60 Å². The lowest BCUT2D eigenvalue weighted by Crippen LogP contribution is -2.64. The van der Waals surface area contributed by atoms with E-state index in [0.29, 0.717) is 11.3 Å². The third-order valence-electron chi connectivity index (χ3n) is 3.54. The Labute approximate surface area is 108 Å². The first-order valence-electron chi connectivity index (χ1n) is 6.38. The van der Waals surface area contributed by atoms with E-state index in [1.807, 2.05) is 32.9 Å². The number of amides is 1. The highest BCUT2D eigenvalue weighted by Gasteiger charge is 2.53. The SMILES string of the molecule is CC(C)(C)OC(=O)N1CC2(CC(/C=C/C#N)C2)C1. The van der Waals surface area contributed by atoms with Gasteiger partial charge in [0.2, 0.25) is 0 Å². The minimum Gasteiger partial charge on any atom is -0.444 e. The van der Waals surface area contributed by atoms with E-state index in [1.165, 1.54) is 0 Å². The summed E-state index contributed by atoms with van der Waals surface area (Å²) in [5, 5.41) is 8.45. The Morgan fingerprint density at radius 1 is 1.44 bits per heavy atom. The standard InChI is InChI=1S/C14H20N2O2/c1-13(2,3)18-12(17)16-9-14(10-16)7-11(8-14)5-4-6-15/h4-5,11H,7-10H2,1-3H3/b5-4+. The summed E-state index contributed by atoms with van der Waals surface area (Å²) in [5.74, 6) is 0.519. The zero-order valence-electron chi connectivity index (χ0n) is 11.3. The van der Waals surface area contributed by atoms with Crippen LogP contribution >= 0.6 is 0 Å². The van der Waals surface area contributed by atoms with Crippen molar-refractivity contribution >= 4 is 6.09 Å². The fraction of sp³-hybridized carbons (Fsp3) is 0.714. The fourth-order valence-corrected chi connectivity index (χ4v) is 2.85. The smallest absolute Gasteiger partial charge is 0.410 e. The molecule has 0 unspecified atom stereocenters. The number of nitriles is 1. The molecule has 1 spiro atoms. The summed E-state index contributed by atoms with van der Waals surface area (Å²) in [5.41, 5.74) is -0.112. The Balaban J connectivity index is 1.74. The van der Waals surface area contributed by atoms with Crippen LogP contribution in [0.2, 0.25) is 0 Å². The molecule has 1 aliphatic heterocycles. The second-order valence-electron chi connectivity index (χ2n) is 6.49. The van der Waals surface area contributed by atoms with Crippen LogP contribution in [0.15, 0.2) is 12.2 Å². The fourth-order valence-electron chi connectivity index (χ4n) is 2.85.